The van der Waals surface area contributed by atoms with Gasteiger partial charge >= 0.3 is 5.97 Å². The summed E-state index contributed by atoms with van der Waals surface area (Å²) in [5, 5.41) is 9.35. The van der Waals surface area contributed by atoms with Crippen molar-refractivity contribution in [3.05, 3.63) is 58.7 Å². The molecule has 2 aromatic rings. The van der Waals surface area contributed by atoms with E-state index in [1.165, 1.54) is 63.9 Å². The Bertz CT molecular complexity index is 973. The lowest BCUT2D eigenvalue weighted by atomic mass is 9.75. The summed E-state index contributed by atoms with van der Waals surface area (Å²) in [4.78, 5) is 11.5. The van der Waals surface area contributed by atoms with Crippen LogP contribution >= 0.6 is 0 Å². The van der Waals surface area contributed by atoms with E-state index in [0.717, 1.165) is 37.8 Å². The van der Waals surface area contributed by atoms with Gasteiger partial charge < -0.3 is 5.11 Å². The van der Waals surface area contributed by atoms with Crippen molar-refractivity contribution in [2.75, 3.05) is 0 Å². The van der Waals surface area contributed by atoms with Crippen molar-refractivity contribution in [3.8, 4) is 11.1 Å². The quantitative estimate of drug-likeness (QED) is 0.182. The molecule has 0 bridgehead atoms. The lowest BCUT2D eigenvalue weighted by Gasteiger charge is -2.30. The first-order chi connectivity index (χ1) is 16.8. The Kier molecular flexibility index (Phi) is 10.2. The van der Waals surface area contributed by atoms with Gasteiger partial charge in [-0.3, -0.25) is 0 Å². The molecule has 0 atom stereocenters. The van der Waals surface area contributed by atoms with Gasteiger partial charge in [-0.15, -0.1) is 0 Å². The molecule has 1 aliphatic rings. The Morgan fingerprint density at radius 1 is 0.829 bits per heavy atom. The summed E-state index contributed by atoms with van der Waals surface area (Å²) in [6, 6.07) is 4.23. The summed E-state index contributed by atoms with van der Waals surface area (Å²) in [6.07, 6.45) is 15.0. The molecule has 0 amide bonds. The van der Waals surface area contributed by atoms with Crippen molar-refractivity contribution in [2.24, 2.45) is 5.92 Å². The molecule has 192 valence electrons. The van der Waals surface area contributed by atoms with E-state index in [4.69, 9.17) is 0 Å². The predicted octanol–water partition coefficient (Wildman–Crippen LogP) is 9.41. The fourth-order valence-electron chi connectivity index (χ4n) is 5.42. The molecule has 1 N–H and O–H groups in total. The summed E-state index contributed by atoms with van der Waals surface area (Å²) in [7, 11) is 0. The smallest absolute Gasteiger partial charge is 0.338 e. The third-order valence-electron chi connectivity index (χ3n) is 7.43. The molecule has 35 heavy (non-hydrogen) atoms. The number of rotatable bonds is 12. The number of carboxylic acids is 1. The van der Waals surface area contributed by atoms with E-state index in [1.807, 2.05) is 0 Å². The Hall–Kier alpha value is -2.37. The number of unbranched alkanes of at least 4 members (excludes halogenated alkanes) is 7. The van der Waals surface area contributed by atoms with Crippen molar-refractivity contribution >= 4 is 5.97 Å². The van der Waals surface area contributed by atoms with Crippen molar-refractivity contribution in [1.29, 1.82) is 0 Å². The molecule has 1 fully saturated rings. The lowest BCUT2D eigenvalue weighted by molar-refractivity contribution is 0.0692. The van der Waals surface area contributed by atoms with Crippen LogP contribution in [0.2, 0.25) is 0 Å². The molecule has 0 spiro atoms. The lowest BCUT2D eigenvalue weighted by Crippen LogP contribution is -2.15. The average molecular weight is 493 g/mol. The highest BCUT2D eigenvalue weighted by Gasteiger charge is 2.28. The highest BCUT2D eigenvalue weighted by molar-refractivity contribution is 5.90. The molecule has 2 nitrogen and oxygen atoms in total. The SMILES string of the molecule is CCCCCCCCCC[C@H]1CC[C@H](c2ccc(C(=O)O)c(F)c2-c2cc(F)c(F)c(F)c2)CC1. The zero-order valence-electron chi connectivity index (χ0n) is 20.5. The van der Waals surface area contributed by atoms with Gasteiger partial charge in [0.2, 0.25) is 0 Å². The summed E-state index contributed by atoms with van der Waals surface area (Å²) in [6.45, 7) is 2.22. The van der Waals surface area contributed by atoms with E-state index in [0.29, 0.717) is 11.5 Å². The average Bonchev–Trinajstić information content (AvgIpc) is 2.84. The number of benzene rings is 2. The molecule has 6 heteroatoms. The van der Waals surface area contributed by atoms with E-state index >= 15 is 4.39 Å². The first-order valence-corrected chi connectivity index (χ1v) is 13.0. The van der Waals surface area contributed by atoms with Crippen LogP contribution in [-0.4, -0.2) is 11.1 Å². The van der Waals surface area contributed by atoms with Gasteiger partial charge in [0.15, 0.2) is 17.5 Å². The molecule has 0 radical (unpaired) electrons. The van der Waals surface area contributed by atoms with Crippen LogP contribution in [-0.2, 0) is 0 Å². The van der Waals surface area contributed by atoms with Crippen molar-refractivity contribution in [3.63, 3.8) is 0 Å². The fourth-order valence-corrected chi connectivity index (χ4v) is 5.42. The Labute approximate surface area is 205 Å². The number of hydrogen-bond acceptors (Lipinski definition) is 1. The number of halogens is 4. The molecule has 3 rings (SSSR count). The van der Waals surface area contributed by atoms with Crippen LogP contribution in [0.1, 0.15) is 112 Å². The van der Waals surface area contributed by atoms with Crippen molar-refractivity contribution in [2.45, 2.75) is 96.3 Å². The van der Waals surface area contributed by atoms with E-state index < -0.39 is 34.8 Å². The normalized spacial score (nSPS) is 18.1. The third kappa shape index (κ3) is 7.08. The molecule has 0 aliphatic heterocycles. The van der Waals surface area contributed by atoms with Crippen LogP contribution < -0.4 is 0 Å². The third-order valence-corrected chi connectivity index (χ3v) is 7.43. The van der Waals surface area contributed by atoms with E-state index in [-0.39, 0.29) is 17.0 Å². The molecule has 1 saturated carbocycles. The maximum Gasteiger partial charge on any atom is 0.338 e. The summed E-state index contributed by atoms with van der Waals surface area (Å²) in [5.41, 5.74) is -0.368. The second-order valence-electron chi connectivity index (χ2n) is 9.93. The maximum atomic E-state index is 15.3. The summed E-state index contributed by atoms with van der Waals surface area (Å²) in [5.74, 6) is -6.44. The topological polar surface area (TPSA) is 37.3 Å². The second-order valence-corrected chi connectivity index (χ2v) is 9.93. The molecule has 0 saturated heterocycles. The predicted molar refractivity (Wildman–Crippen MR) is 131 cm³/mol. The minimum atomic E-state index is -1.63. The zero-order valence-corrected chi connectivity index (χ0v) is 20.5. The highest BCUT2D eigenvalue weighted by atomic mass is 19.2. The summed E-state index contributed by atoms with van der Waals surface area (Å²) >= 11 is 0. The molecule has 1 aliphatic carbocycles. The molecule has 0 unspecified atom stereocenters. The van der Waals surface area contributed by atoms with E-state index in [1.54, 1.807) is 6.07 Å². The van der Waals surface area contributed by atoms with E-state index in [9.17, 15) is 23.1 Å². The maximum absolute atomic E-state index is 15.3. The largest absolute Gasteiger partial charge is 0.478 e. The number of carboxylic acid groups (broad SMARTS) is 1. The standard InChI is InChI=1S/C29H36F4O2/c1-2-3-4-5-6-7-8-9-10-19-11-13-20(14-12-19)22-15-16-23(29(34)35)27(32)26(22)21-17-24(30)28(33)25(31)18-21/h15-20H,2-14H2,1H3,(H,34,35)/t19-,20-. The Morgan fingerprint density at radius 2 is 1.40 bits per heavy atom. The zero-order chi connectivity index (χ0) is 25.4. The number of aromatic carboxylic acids is 1. The monoisotopic (exact) mass is 492 g/mol. The summed E-state index contributed by atoms with van der Waals surface area (Å²) < 4.78 is 56.7. The molecule has 2 aromatic carbocycles. The van der Waals surface area contributed by atoms with Gasteiger partial charge in [0.05, 0.1) is 5.56 Å². The van der Waals surface area contributed by atoms with Gasteiger partial charge in [0, 0.05) is 5.56 Å². The molecular formula is C29H36F4O2. The van der Waals surface area contributed by atoms with Crippen molar-refractivity contribution in [1.82, 2.24) is 0 Å². The first-order valence-electron chi connectivity index (χ1n) is 13.0. The Morgan fingerprint density at radius 3 is 1.97 bits per heavy atom. The second kappa shape index (κ2) is 13.1. The molecular weight excluding hydrogens is 456 g/mol. The fraction of sp³-hybridized carbons (Fsp3) is 0.552. The number of carbonyl (C=O) groups is 1. The van der Waals surface area contributed by atoms with Crippen LogP contribution in [0.15, 0.2) is 24.3 Å². The number of hydrogen-bond donors (Lipinski definition) is 1. The van der Waals surface area contributed by atoms with Gasteiger partial charge in [-0.05, 0) is 66.8 Å². The van der Waals surface area contributed by atoms with Crippen LogP contribution in [0.5, 0.6) is 0 Å². The first kappa shape index (κ1) is 27.2. The van der Waals surface area contributed by atoms with Gasteiger partial charge in [0.25, 0.3) is 0 Å². The van der Waals surface area contributed by atoms with Crippen LogP contribution in [0.25, 0.3) is 11.1 Å². The van der Waals surface area contributed by atoms with Crippen LogP contribution in [0.4, 0.5) is 17.6 Å². The van der Waals surface area contributed by atoms with Gasteiger partial charge in [0.1, 0.15) is 5.82 Å². The minimum Gasteiger partial charge on any atom is -0.478 e. The highest BCUT2D eigenvalue weighted by Crippen LogP contribution is 2.43. The van der Waals surface area contributed by atoms with Crippen LogP contribution in [0, 0.1) is 29.2 Å². The van der Waals surface area contributed by atoms with Gasteiger partial charge in [-0.1, -0.05) is 70.8 Å². The van der Waals surface area contributed by atoms with Crippen molar-refractivity contribution < 1.29 is 27.5 Å². The van der Waals surface area contributed by atoms with E-state index in [2.05, 4.69) is 6.92 Å². The van der Waals surface area contributed by atoms with Gasteiger partial charge in [-0.2, -0.15) is 0 Å². The van der Waals surface area contributed by atoms with Gasteiger partial charge in [-0.25, -0.2) is 22.4 Å². The minimum absolute atomic E-state index is 0.0478. The molecule has 0 heterocycles. The molecule has 0 aromatic heterocycles. The Balaban J connectivity index is 1.67. The van der Waals surface area contributed by atoms with Crippen LogP contribution in [0.3, 0.4) is 0 Å².